The number of H-pyrrole nitrogens is 1. The molecule has 1 aliphatic carbocycles. The van der Waals surface area contributed by atoms with Gasteiger partial charge in [0, 0.05) is 28.0 Å². The Morgan fingerprint density at radius 2 is 1.75 bits per heavy atom. The van der Waals surface area contributed by atoms with E-state index in [0.29, 0.717) is 6.42 Å². The van der Waals surface area contributed by atoms with E-state index in [9.17, 15) is 4.79 Å². The van der Waals surface area contributed by atoms with Gasteiger partial charge < -0.3 is 15.0 Å². The van der Waals surface area contributed by atoms with E-state index in [1.54, 1.807) is 18.9 Å². The van der Waals surface area contributed by atoms with Crippen LogP contribution in [0.15, 0.2) is 84.0 Å². The van der Waals surface area contributed by atoms with E-state index >= 15 is 0 Å². The van der Waals surface area contributed by atoms with Gasteiger partial charge in [-0.1, -0.05) is 92.4 Å². The number of carbonyl (C=O) groups excluding carboxylic acids is 1. The van der Waals surface area contributed by atoms with Crippen molar-refractivity contribution < 1.29 is 9.53 Å². The van der Waals surface area contributed by atoms with E-state index in [0.717, 1.165) is 61.8 Å². The molecule has 1 unspecified atom stereocenters. The monoisotopic (exact) mass is 607 g/mol. The minimum Gasteiger partial charge on any atom is -0.497 e. The molecule has 2 heterocycles. The summed E-state index contributed by atoms with van der Waals surface area (Å²) in [7, 11) is 1.67. The van der Waals surface area contributed by atoms with Gasteiger partial charge in [0.05, 0.1) is 19.6 Å². The van der Waals surface area contributed by atoms with E-state index in [4.69, 9.17) is 14.9 Å². The molecule has 5 aromatic rings. The van der Waals surface area contributed by atoms with Crippen molar-refractivity contribution in [2.75, 3.05) is 12.9 Å². The zero-order valence-corrected chi connectivity index (χ0v) is 26.4. The molecule has 3 aromatic carbocycles. The Morgan fingerprint density at radius 3 is 2.52 bits per heavy atom. The molecule has 228 valence electrons. The Kier molecular flexibility index (Phi) is 9.66. The molecule has 8 heteroatoms. The number of para-hydroxylation sites is 1. The van der Waals surface area contributed by atoms with Gasteiger partial charge in [-0.2, -0.15) is 0 Å². The molecule has 0 bridgehead atoms. The van der Waals surface area contributed by atoms with Crippen LogP contribution in [0.2, 0.25) is 0 Å². The van der Waals surface area contributed by atoms with Gasteiger partial charge in [-0.3, -0.25) is 9.36 Å². The molecule has 2 aromatic heterocycles. The molecule has 7 nitrogen and oxygen atoms in total. The average Bonchev–Trinajstić information content (AvgIpc) is 3.62. The number of rotatable bonds is 12. The van der Waals surface area contributed by atoms with Gasteiger partial charge in [-0.25, -0.2) is 0 Å². The van der Waals surface area contributed by atoms with Crippen LogP contribution in [0, 0.1) is 12.8 Å². The van der Waals surface area contributed by atoms with Crippen LogP contribution in [0.3, 0.4) is 0 Å². The van der Waals surface area contributed by atoms with Crippen molar-refractivity contribution in [2.45, 2.75) is 69.5 Å². The maximum atomic E-state index is 13.8. The normalized spacial score (nSPS) is 14.5. The number of aromatic nitrogens is 4. The summed E-state index contributed by atoms with van der Waals surface area (Å²) in [5.41, 5.74) is 5.15. The summed E-state index contributed by atoms with van der Waals surface area (Å²) in [4.78, 5) is 17.2. The van der Waals surface area contributed by atoms with Crippen molar-refractivity contribution in [2.24, 2.45) is 5.92 Å². The maximum Gasteiger partial charge on any atom is 0.225 e. The summed E-state index contributed by atoms with van der Waals surface area (Å²) >= 11 is 1.76. The molecule has 6 rings (SSSR count). The number of hydrogen-bond acceptors (Lipinski definition) is 5. The predicted octanol–water partition coefficient (Wildman–Crippen LogP) is 7.77. The first-order valence-corrected chi connectivity index (χ1v) is 16.7. The zero-order chi connectivity index (χ0) is 30.3. The molecule has 1 saturated carbocycles. The fraction of sp³-hybridized carbons (Fsp3) is 0.361. The lowest BCUT2D eigenvalue weighted by Crippen LogP contribution is -2.33. The second-order valence-electron chi connectivity index (χ2n) is 11.8. The number of fused-ring (bicyclic) bond motifs is 1. The highest BCUT2D eigenvalue weighted by molar-refractivity contribution is 7.99. The largest absolute Gasteiger partial charge is 0.497 e. The smallest absolute Gasteiger partial charge is 0.225 e. The van der Waals surface area contributed by atoms with Crippen molar-refractivity contribution in [3.05, 3.63) is 102 Å². The number of thioether (sulfide) groups is 1. The number of methoxy groups -OCH3 is 1. The minimum absolute atomic E-state index is 0.0467. The summed E-state index contributed by atoms with van der Waals surface area (Å²) in [6.07, 6.45) is 8.79. The molecule has 44 heavy (non-hydrogen) atoms. The number of aryl methyl sites for hydroxylation is 1. The van der Waals surface area contributed by atoms with Crippen LogP contribution in [-0.2, 0) is 17.6 Å². The quantitative estimate of drug-likeness (QED) is 0.142. The van der Waals surface area contributed by atoms with E-state index in [-0.39, 0.29) is 18.4 Å². The standard InChI is InChI=1S/C36H41N5O2S/c1-25-31(30-15-9-10-16-32(30)37-25)24-34(42)38-33(23-27-13-7-4-8-14-27)35-39-40-36(44-22-21-26-11-5-3-6-12-26)41(35)28-17-19-29(43-2)20-18-28/h4,7-10,13-20,26,33,37H,3,5-6,11-12,21-24H2,1-2H3,(H,38,42). The number of hydrogen-bond donors (Lipinski definition) is 2. The number of nitrogens with zero attached hydrogens (tertiary/aromatic N) is 3. The number of nitrogens with one attached hydrogen (secondary N) is 2. The molecule has 1 fully saturated rings. The van der Waals surface area contributed by atoms with Crippen LogP contribution in [0.25, 0.3) is 16.6 Å². The first kappa shape index (κ1) is 30.0. The Bertz CT molecular complexity index is 1670. The predicted molar refractivity (Wildman–Crippen MR) is 178 cm³/mol. The third kappa shape index (κ3) is 7.02. The van der Waals surface area contributed by atoms with Crippen LogP contribution >= 0.6 is 11.8 Å². The summed E-state index contributed by atoms with van der Waals surface area (Å²) < 4.78 is 7.56. The first-order valence-electron chi connectivity index (χ1n) is 15.7. The van der Waals surface area contributed by atoms with Crippen LogP contribution in [-0.4, -0.2) is 38.5 Å². The maximum absolute atomic E-state index is 13.8. The van der Waals surface area contributed by atoms with Crippen molar-refractivity contribution in [3.8, 4) is 11.4 Å². The second kappa shape index (κ2) is 14.2. The molecule has 0 saturated heterocycles. The molecule has 1 atom stereocenters. The highest BCUT2D eigenvalue weighted by atomic mass is 32.2. The first-order chi connectivity index (χ1) is 21.6. The Balaban J connectivity index is 1.31. The number of aromatic amines is 1. The third-order valence-corrected chi connectivity index (χ3v) is 9.73. The SMILES string of the molecule is COc1ccc(-n2c(SCCC3CCCCC3)nnc2C(Cc2ccccc2)NC(=O)Cc2c(C)[nH]c3ccccc23)cc1. The lowest BCUT2D eigenvalue weighted by molar-refractivity contribution is -0.121. The summed E-state index contributed by atoms with van der Waals surface area (Å²) in [5, 5.41) is 14.7. The van der Waals surface area contributed by atoms with Gasteiger partial charge in [0.2, 0.25) is 5.91 Å². The van der Waals surface area contributed by atoms with Gasteiger partial charge in [-0.15, -0.1) is 10.2 Å². The van der Waals surface area contributed by atoms with E-state index in [1.165, 1.54) is 38.5 Å². The Morgan fingerprint density at radius 1 is 1.00 bits per heavy atom. The number of ether oxygens (including phenoxy) is 1. The van der Waals surface area contributed by atoms with Crippen LogP contribution in [0.4, 0.5) is 0 Å². The summed E-state index contributed by atoms with van der Waals surface area (Å²) in [6.45, 7) is 2.03. The molecule has 0 spiro atoms. The third-order valence-electron chi connectivity index (χ3n) is 8.76. The topological polar surface area (TPSA) is 84.8 Å². The molecule has 0 radical (unpaired) electrons. The van der Waals surface area contributed by atoms with Crippen molar-refractivity contribution in [3.63, 3.8) is 0 Å². The number of amides is 1. The van der Waals surface area contributed by atoms with Crippen molar-refractivity contribution in [1.82, 2.24) is 25.1 Å². The molecule has 1 aliphatic rings. The van der Waals surface area contributed by atoms with Crippen LogP contribution in [0.5, 0.6) is 5.75 Å². The molecule has 1 amide bonds. The second-order valence-corrected chi connectivity index (χ2v) is 12.8. The zero-order valence-electron chi connectivity index (χ0n) is 25.6. The highest BCUT2D eigenvalue weighted by Gasteiger charge is 2.26. The van der Waals surface area contributed by atoms with E-state index < -0.39 is 0 Å². The number of benzene rings is 3. The molecular weight excluding hydrogens is 566 g/mol. The Labute approximate surface area is 263 Å². The van der Waals surface area contributed by atoms with Crippen LogP contribution < -0.4 is 10.1 Å². The summed E-state index contributed by atoms with van der Waals surface area (Å²) in [6, 6.07) is 26.0. The van der Waals surface area contributed by atoms with Gasteiger partial charge in [0.15, 0.2) is 11.0 Å². The fourth-order valence-electron chi connectivity index (χ4n) is 6.39. The molecule has 0 aliphatic heterocycles. The fourth-order valence-corrected chi connectivity index (χ4v) is 7.45. The van der Waals surface area contributed by atoms with E-state index in [2.05, 4.69) is 33.1 Å². The lowest BCUT2D eigenvalue weighted by atomic mass is 9.88. The van der Waals surface area contributed by atoms with Crippen molar-refractivity contribution in [1.29, 1.82) is 0 Å². The van der Waals surface area contributed by atoms with Gasteiger partial charge >= 0.3 is 0 Å². The average molecular weight is 608 g/mol. The van der Waals surface area contributed by atoms with Gasteiger partial charge in [-0.05, 0) is 67.1 Å². The summed E-state index contributed by atoms with van der Waals surface area (Å²) in [5.74, 6) is 3.26. The molecular formula is C36H41N5O2S. The highest BCUT2D eigenvalue weighted by Crippen LogP contribution is 2.32. The van der Waals surface area contributed by atoms with Gasteiger partial charge in [0.1, 0.15) is 5.75 Å². The van der Waals surface area contributed by atoms with Crippen molar-refractivity contribution >= 4 is 28.6 Å². The van der Waals surface area contributed by atoms with Crippen LogP contribution in [0.1, 0.15) is 67.2 Å². The molecule has 2 N–H and O–H groups in total. The number of carbonyl (C=O) groups is 1. The van der Waals surface area contributed by atoms with E-state index in [1.807, 2.05) is 67.6 Å². The Hall–Kier alpha value is -4.04. The minimum atomic E-state index is -0.377. The lowest BCUT2D eigenvalue weighted by Gasteiger charge is -2.22. The van der Waals surface area contributed by atoms with Gasteiger partial charge in [0.25, 0.3) is 0 Å².